The molecule has 1 unspecified atom stereocenters. The van der Waals surface area contributed by atoms with E-state index in [9.17, 15) is 22.8 Å². The van der Waals surface area contributed by atoms with Gasteiger partial charge in [-0.3, -0.25) is 9.59 Å². The normalized spacial score (nSPS) is 20.3. The summed E-state index contributed by atoms with van der Waals surface area (Å²) in [7, 11) is 0. The highest BCUT2D eigenvalue weighted by molar-refractivity contribution is 8.15. The number of alkyl halides is 3. The zero-order valence-corrected chi connectivity index (χ0v) is 12.2. The van der Waals surface area contributed by atoms with Gasteiger partial charge in [-0.25, -0.2) is 4.99 Å². The van der Waals surface area contributed by atoms with Gasteiger partial charge in [0.2, 0.25) is 5.91 Å². The number of amidine groups is 1. The van der Waals surface area contributed by atoms with E-state index in [1.807, 2.05) is 0 Å². The Kier molecular flexibility index (Phi) is 4.66. The van der Waals surface area contributed by atoms with Gasteiger partial charge in [0.05, 0.1) is 22.7 Å². The summed E-state index contributed by atoms with van der Waals surface area (Å²) in [4.78, 5) is 26.0. The van der Waals surface area contributed by atoms with Crippen LogP contribution in [0.2, 0.25) is 5.02 Å². The number of carboxylic acids is 1. The predicted octanol–water partition coefficient (Wildman–Crippen LogP) is 3.05. The van der Waals surface area contributed by atoms with Gasteiger partial charge in [-0.2, -0.15) is 13.2 Å². The summed E-state index contributed by atoms with van der Waals surface area (Å²) in [5.74, 6) is -1.70. The van der Waals surface area contributed by atoms with E-state index in [1.54, 1.807) is 0 Å². The Morgan fingerprint density at radius 1 is 1.45 bits per heavy atom. The summed E-state index contributed by atoms with van der Waals surface area (Å²) in [6.07, 6.45) is -5.02. The number of aliphatic carboxylic acids is 1. The first kappa shape index (κ1) is 16.6. The highest BCUT2D eigenvalue weighted by atomic mass is 35.5. The van der Waals surface area contributed by atoms with Crippen molar-refractivity contribution in [3.05, 3.63) is 28.8 Å². The van der Waals surface area contributed by atoms with E-state index in [4.69, 9.17) is 16.7 Å². The second-order valence-electron chi connectivity index (χ2n) is 4.27. The molecule has 22 heavy (non-hydrogen) atoms. The molecule has 118 valence electrons. The number of carboxylic acid groups (broad SMARTS) is 1. The molecular formula is C12H8ClF3N2O3S. The number of nitrogens with zero attached hydrogens (tertiary/aromatic N) is 1. The van der Waals surface area contributed by atoms with Crippen LogP contribution in [-0.4, -0.2) is 27.4 Å². The van der Waals surface area contributed by atoms with E-state index in [1.165, 1.54) is 6.07 Å². The lowest BCUT2D eigenvalue weighted by molar-refractivity contribution is -0.138. The maximum absolute atomic E-state index is 12.7. The van der Waals surface area contributed by atoms with Gasteiger partial charge < -0.3 is 10.4 Å². The molecule has 0 aliphatic carbocycles. The third kappa shape index (κ3) is 3.92. The highest BCUT2D eigenvalue weighted by Crippen LogP contribution is 2.37. The van der Waals surface area contributed by atoms with E-state index in [-0.39, 0.29) is 10.9 Å². The van der Waals surface area contributed by atoms with Crippen molar-refractivity contribution in [2.75, 3.05) is 0 Å². The second kappa shape index (κ2) is 6.17. The van der Waals surface area contributed by atoms with Crippen molar-refractivity contribution in [1.29, 1.82) is 0 Å². The van der Waals surface area contributed by atoms with Crippen LogP contribution in [-0.2, 0) is 15.8 Å². The number of benzene rings is 1. The van der Waals surface area contributed by atoms with E-state index >= 15 is 0 Å². The quantitative estimate of drug-likeness (QED) is 0.876. The molecular weight excluding hydrogens is 345 g/mol. The number of thioether (sulfide) groups is 1. The van der Waals surface area contributed by atoms with Crippen molar-refractivity contribution in [2.45, 2.75) is 17.8 Å². The fraction of sp³-hybridized carbons (Fsp3) is 0.250. The Bertz CT molecular complexity index is 664. The van der Waals surface area contributed by atoms with E-state index in [0.717, 1.165) is 23.9 Å². The van der Waals surface area contributed by atoms with Crippen LogP contribution in [0.1, 0.15) is 12.0 Å². The van der Waals surface area contributed by atoms with Crippen LogP contribution in [0.15, 0.2) is 23.2 Å². The Labute approximate surface area is 131 Å². The van der Waals surface area contributed by atoms with Crippen molar-refractivity contribution in [1.82, 2.24) is 5.32 Å². The Morgan fingerprint density at radius 2 is 2.14 bits per heavy atom. The number of carbonyl (C=O) groups excluding carboxylic acids is 1. The summed E-state index contributed by atoms with van der Waals surface area (Å²) in [5.41, 5.74) is -1.08. The predicted molar refractivity (Wildman–Crippen MR) is 75.3 cm³/mol. The molecule has 1 aliphatic heterocycles. The molecule has 1 saturated heterocycles. The largest absolute Gasteiger partial charge is 0.481 e. The number of carbonyl (C=O) groups is 2. The molecule has 0 aromatic heterocycles. The number of hydrogen-bond acceptors (Lipinski definition) is 4. The van der Waals surface area contributed by atoms with Crippen molar-refractivity contribution in [2.24, 2.45) is 4.99 Å². The maximum atomic E-state index is 12.7. The average molecular weight is 353 g/mol. The standard InChI is InChI=1S/C12H8ClF3N2O3S/c13-7-2-1-5(3-6(7)12(14,15)16)17-11-18-10(21)8(22-11)4-9(19)20/h1-3,8H,4H2,(H,19,20)(H,17,18,21). The molecule has 10 heteroatoms. The minimum Gasteiger partial charge on any atom is -0.481 e. The lowest BCUT2D eigenvalue weighted by Gasteiger charge is -2.09. The van der Waals surface area contributed by atoms with Gasteiger partial charge in [0.1, 0.15) is 5.25 Å². The first-order chi connectivity index (χ1) is 10.2. The number of rotatable bonds is 3. The molecule has 1 heterocycles. The molecule has 0 saturated carbocycles. The van der Waals surface area contributed by atoms with Gasteiger partial charge in [0, 0.05) is 0 Å². The number of halogens is 4. The first-order valence-corrected chi connectivity index (χ1v) is 7.07. The SMILES string of the molecule is O=C(O)CC1SC(=Nc2ccc(Cl)c(C(F)(F)F)c2)NC1=O. The molecule has 1 atom stereocenters. The third-order valence-electron chi connectivity index (χ3n) is 2.62. The van der Waals surface area contributed by atoms with E-state index < -0.39 is 40.3 Å². The van der Waals surface area contributed by atoms with Crippen LogP contribution in [0, 0.1) is 0 Å². The molecule has 1 aliphatic rings. The smallest absolute Gasteiger partial charge is 0.417 e. The molecule has 0 spiro atoms. The molecule has 0 radical (unpaired) electrons. The summed E-state index contributed by atoms with van der Waals surface area (Å²) in [6, 6.07) is 3.08. The summed E-state index contributed by atoms with van der Waals surface area (Å²) < 4.78 is 38.2. The molecule has 5 nitrogen and oxygen atoms in total. The second-order valence-corrected chi connectivity index (χ2v) is 5.87. The van der Waals surface area contributed by atoms with Crippen LogP contribution in [0.25, 0.3) is 0 Å². The Hall–Kier alpha value is -1.74. The molecule has 1 fully saturated rings. The molecule has 1 aromatic carbocycles. The van der Waals surface area contributed by atoms with Gasteiger partial charge in [-0.05, 0) is 18.2 Å². The van der Waals surface area contributed by atoms with Gasteiger partial charge in [0.25, 0.3) is 0 Å². The van der Waals surface area contributed by atoms with Crippen LogP contribution >= 0.6 is 23.4 Å². The zero-order chi connectivity index (χ0) is 16.5. The van der Waals surface area contributed by atoms with Gasteiger partial charge in [-0.1, -0.05) is 23.4 Å². The maximum Gasteiger partial charge on any atom is 0.417 e. The van der Waals surface area contributed by atoms with Crippen molar-refractivity contribution in [3.63, 3.8) is 0 Å². The van der Waals surface area contributed by atoms with Crippen LogP contribution < -0.4 is 5.32 Å². The average Bonchev–Trinajstić information content (AvgIpc) is 2.70. The lowest BCUT2D eigenvalue weighted by atomic mass is 10.2. The number of amides is 1. The third-order valence-corrected chi connectivity index (χ3v) is 4.03. The minimum absolute atomic E-state index is 0.0458. The molecule has 0 bridgehead atoms. The van der Waals surface area contributed by atoms with Crippen molar-refractivity contribution < 1.29 is 27.9 Å². The topological polar surface area (TPSA) is 78.8 Å². The number of nitrogens with one attached hydrogen (secondary N) is 1. The van der Waals surface area contributed by atoms with Crippen LogP contribution in [0.5, 0.6) is 0 Å². The minimum atomic E-state index is -4.62. The van der Waals surface area contributed by atoms with E-state index in [0.29, 0.717) is 0 Å². The fourth-order valence-electron chi connectivity index (χ4n) is 1.67. The summed E-state index contributed by atoms with van der Waals surface area (Å²) in [5, 5.41) is 9.72. The van der Waals surface area contributed by atoms with Crippen LogP contribution in [0.3, 0.4) is 0 Å². The van der Waals surface area contributed by atoms with Crippen LogP contribution in [0.4, 0.5) is 18.9 Å². The fourth-order valence-corrected chi connectivity index (χ4v) is 2.87. The molecule has 2 rings (SSSR count). The Morgan fingerprint density at radius 3 is 2.73 bits per heavy atom. The number of aliphatic imine (C=N–C) groups is 1. The van der Waals surface area contributed by atoms with E-state index in [2.05, 4.69) is 10.3 Å². The van der Waals surface area contributed by atoms with Gasteiger partial charge >= 0.3 is 12.1 Å². The van der Waals surface area contributed by atoms with Crippen molar-refractivity contribution in [3.8, 4) is 0 Å². The van der Waals surface area contributed by atoms with Gasteiger partial charge in [0.15, 0.2) is 5.17 Å². The zero-order valence-electron chi connectivity index (χ0n) is 10.6. The Balaban J connectivity index is 2.24. The summed E-state index contributed by atoms with van der Waals surface area (Å²) in [6.45, 7) is 0. The lowest BCUT2D eigenvalue weighted by Crippen LogP contribution is -2.26. The summed E-state index contributed by atoms with van der Waals surface area (Å²) >= 11 is 6.35. The molecule has 1 aromatic rings. The van der Waals surface area contributed by atoms with Gasteiger partial charge in [-0.15, -0.1) is 0 Å². The monoisotopic (exact) mass is 352 g/mol. The van der Waals surface area contributed by atoms with Crippen molar-refractivity contribution >= 4 is 46.1 Å². The molecule has 2 N–H and O–H groups in total. The molecule has 1 amide bonds. The number of hydrogen-bond donors (Lipinski definition) is 2. The first-order valence-electron chi connectivity index (χ1n) is 5.81. The highest BCUT2D eigenvalue weighted by Gasteiger charge is 2.34.